The number of benzene rings is 2. The normalized spacial score (nSPS) is 19.5. The molecule has 3 heteroatoms. The van der Waals surface area contributed by atoms with Gasteiger partial charge in [-0.25, -0.2) is 0 Å². The summed E-state index contributed by atoms with van der Waals surface area (Å²) in [6.45, 7) is 5.26. The summed E-state index contributed by atoms with van der Waals surface area (Å²) in [4.78, 5) is 11.9. The maximum atomic E-state index is 11.9. The molecule has 2 atom stereocenters. The first-order valence-electron chi connectivity index (χ1n) is 7.38. The molecule has 2 aromatic carbocycles. The van der Waals surface area contributed by atoms with Crippen molar-refractivity contribution in [3.05, 3.63) is 66.2 Å². The van der Waals surface area contributed by atoms with E-state index in [-0.39, 0.29) is 17.4 Å². The monoisotopic (exact) mass is 296 g/mol. The van der Waals surface area contributed by atoms with Crippen LogP contribution in [0.2, 0.25) is 13.1 Å². The van der Waals surface area contributed by atoms with Crippen LogP contribution < -0.4 is 5.19 Å². The zero-order valence-electron chi connectivity index (χ0n) is 12.5. The molecule has 1 heterocycles. The van der Waals surface area contributed by atoms with E-state index >= 15 is 0 Å². The molecule has 0 amide bonds. The highest BCUT2D eigenvalue weighted by molar-refractivity contribution is 6.91. The highest BCUT2D eigenvalue weighted by Gasteiger charge is 2.47. The third-order valence-electron chi connectivity index (χ3n) is 4.56. The van der Waals surface area contributed by atoms with Gasteiger partial charge in [-0.3, -0.25) is 4.79 Å². The minimum absolute atomic E-state index is 0.00859. The van der Waals surface area contributed by atoms with Crippen LogP contribution in [0.25, 0.3) is 0 Å². The molecule has 108 valence electrons. The van der Waals surface area contributed by atoms with Gasteiger partial charge in [0.2, 0.25) is 0 Å². The second kappa shape index (κ2) is 5.49. The van der Waals surface area contributed by atoms with Gasteiger partial charge < -0.3 is 4.74 Å². The Morgan fingerprint density at radius 1 is 1.00 bits per heavy atom. The quantitative estimate of drug-likeness (QED) is 0.640. The number of carbonyl (C=O) groups excluding carboxylic acids is 1. The van der Waals surface area contributed by atoms with Gasteiger partial charge in [-0.2, -0.15) is 0 Å². The molecule has 0 unspecified atom stereocenters. The Hall–Kier alpha value is -1.87. The number of rotatable bonds is 4. The van der Waals surface area contributed by atoms with E-state index in [9.17, 15) is 4.79 Å². The van der Waals surface area contributed by atoms with E-state index in [4.69, 9.17) is 4.74 Å². The summed E-state index contributed by atoms with van der Waals surface area (Å²) in [6, 6.07) is 21.1. The molecule has 0 N–H and O–H groups in total. The average molecular weight is 296 g/mol. The molecular weight excluding hydrogens is 276 g/mol. The highest BCUT2D eigenvalue weighted by Crippen LogP contribution is 2.38. The molecule has 2 nitrogen and oxygen atoms in total. The molecule has 1 saturated heterocycles. The van der Waals surface area contributed by atoms with Crippen molar-refractivity contribution >= 4 is 19.2 Å². The van der Waals surface area contributed by atoms with Gasteiger partial charge in [-0.1, -0.05) is 78.9 Å². The summed E-state index contributed by atoms with van der Waals surface area (Å²) in [5.41, 5.74) is 1.53. The van der Waals surface area contributed by atoms with Crippen LogP contribution >= 0.6 is 0 Å². The van der Waals surface area contributed by atoms with Crippen LogP contribution in [0, 0.1) is 5.92 Å². The van der Waals surface area contributed by atoms with Crippen molar-refractivity contribution in [1.29, 1.82) is 0 Å². The lowest BCUT2D eigenvalue weighted by Gasteiger charge is -2.41. The molecule has 0 aliphatic carbocycles. The Balaban J connectivity index is 2.05. The Morgan fingerprint density at radius 3 is 2.05 bits per heavy atom. The molecule has 0 aromatic heterocycles. The second-order valence-electron chi connectivity index (χ2n) is 6.21. The largest absolute Gasteiger partial charge is 0.464 e. The maximum absolute atomic E-state index is 11.9. The Kier molecular flexibility index (Phi) is 3.68. The predicted octanol–water partition coefficient (Wildman–Crippen LogP) is 3.10. The van der Waals surface area contributed by atoms with E-state index in [1.54, 1.807) is 0 Å². The zero-order valence-corrected chi connectivity index (χ0v) is 13.5. The first-order chi connectivity index (χ1) is 10.1. The van der Waals surface area contributed by atoms with E-state index in [2.05, 4.69) is 61.6 Å². The first-order valence-corrected chi connectivity index (χ1v) is 10.5. The summed E-state index contributed by atoms with van der Waals surface area (Å²) >= 11 is 0. The molecule has 1 aliphatic heterocycles. The van der Waals surface area contributed by atoms with Gasteiger partial charge in [0.25, 0.3) is 0 Å². The van der Waals surface area contributed by atoms with E-state index in [0.29, 0.717) is 6.61 Å². The Bertz CT molecular complexity index is 622. The molecule has 1 aliphatic rings. The SMILES string of the molecule is C[Si](C)(c1ccccc1)[C@H](c1ccccc1)[C@H]1COC1=O. The fourth-order valence-corrected chi connectivity index (χ4v) is 7.01. The lowest BCUT2D eigenvalue weighted by Crippen LogP contribution is -2.55. The van der Waals surface area contributed by atoms with Gasteiger partial charge in [0.1, 0.15) is 6.61 Å². The van der Waals surface area contributed by atoms with Crippen molar-refractivity contribution in [3.8, 4) is 0 Å². The first kappa shape index (κ1) is 14.1. The van der Waals surface area contributed by atoms with Crippen LogP contribution in [0.15, 0.2) is 60.7 Å². The summed E-state index contributed by atoms with van der Waals surface area (Å²) in [6.07, 6.45) is 0. The third kappa shape index (κ3) is 2.53. The van der Waals surface area contributed by atoms with Crippen molar-refractivity contribution < 1.29 is 9.53 Å². The molecule has 0 saturated carbocycles. The second-order valence-corrected chi connectivity index (χ2v) is 10.9. The molecule has 0 radical (unpaired) electrons. The van der Waals surface area contributed by atoms with Crippen LogP contribution in [0.1, 0.15) is 11.1 Å². The van der Waals surface area contributed by atoms with Gasteiger partial charge in [0, 0.05) is 5.54 Å². The lowest BCUT2D eigenvalue weighted by atomic mass is 9.96. The number of ether oxygens (including phenoxy) is 1. The lowest BCUT2D eigenvalue weighted by molar-refractivity contribution is -0.168. The van der Waals surface area contributed by atoms with Gasteiger partial charge >= 0.3 is 5.97 Å². The Morgan fingerprint density at radius 2 is 1.57 bits per heavy atom. The molecule has 2 aromatic rings. The van der Waals surface area contributed by atoms with Crippen LogP contribution in [0.4, 0.5) is 0 Å². The fourth-order valence-electron chi connectivity index (χ4n) is 3.34. The topological polar surface area (TPSA) is 26.3 Å². The van der Waals surface area contributed by atoms with Crippen molar-refractivity contribution in [2.24, 2.45) is 5.92 Å². The van der Waals surface area contributed by atoms with Crippen molar-refractivity contribution in [3.63, 3.8) is 0 Å². The third-order valence-corrected chi connectivity index (χ3v) is 8.68. The predicted molar refractivity (Wildman–Crippen MR) is 87.2 cm³/mol. The van der Waals surface area contributed by atoms with Gasteiger partial charge in [-0.05, 0) is 5.56 Å². The summed E-state index contributed by atoms with van der Waals surface area (Å²) < 4.78 is 5.06. The number of esters is 1. The van der Waals surface area contributed by atoms with Crippen LogP contribution in [-0.2, 0) is 9.53 Å². The van der Waals surface area contributed by atoms with Crippen molar-refractivity contribution in [2.75, 3.05) is 6.61 Å². The van der Waals surface area contributed by atoms with E-state index < -0.39 is 8.07 Å². The van der Waals surface area contributed by atoms with E-state index in [1.165, 1.54) is 10.8 Å². The van der Waals surface area contributed by atoms with Gasteiger partial charge in [0.15, 0.2) is 0 Å². The summed E-state index contributed by atoms with van der Waals surface area (Å²) in [5.74, 6) is -0.0327. The number of carbonyl (C=O) groups is 1. The van der Waals surface area contributed by atoms with Crippen LogP contribution in [-0.4, -0.2) is 20.7 Å². The minimum Gasteiger partial charge on any atom is -0.464 e. The van der Waals surface area contributed by atoms with Crippen molar-refractivity contribution in [2.45, 2.75) is 18.6 Å². The standard InChI is InChI=1S/C18H20O2Si/c1-21(2,15-11-7-4-8-12-15)17(16-13-20-18(16)19)14-9-5-3-6-10-14/h3-12,16-17H,13H2,1-2H3/t16-,17-/m1/s1. The Labute approximate surface area is 126 Å². The summed E-state index contributed by atoms with van der Waals surface area (Å²) in [5, 5.41) is 1.39. The average Bonchev–Trinajstić information content (AvgIpc) is 2.52. The van der Waals surface area contributed by atoms with Crippen LogP contribution in [0.3, 0.4) is 0 Å². The number of hydrogen-bond acceptors (Lipinski definition) is 2. The smallest absolute Gasteiger partial charge is 0.312 e. The zero-order chi connectivity index (χ0) is 14.9. The molecule has 0 spiro atoms. The molecule has 1 fully saturated rings. The molecule has 21 heavy (non-hydrogen) atoms. The minimum atomic E-state index is -1.83. The number of hydrogen-bond donors (Lipinski definition) is 0. The van der Waals surface area contributed by atoms with Crippen molar-refractivity contribution in [1.82, 2.24) is 0 Å². The van der Waals surface area contributed by atoms with Gasteiger partial charge in [0.05, 0.1) is 14.0 Å². The molecule has 3 rings (SSSR count). The van der Waals surface area contributed by atoms with E-state index in [1.807, 2.05) is 12.1 Å². The summed E-state index contributed by atoms with van der Waals surface area (Å²) in [7, 11) is -1.83. The van der Waals surface area contributed by atoms with Gasteiger partial charge in [-0.15, -0.1) is 0 Å². The fraction of sp³-hybridized carbons (Fsp3) is 0.278. The molecule has 0 bridgehead atoms. The highest BCUT2D eigenvalue weighted by atomic mass is 28.3. The molecular formula is C18H20O2Si. The van der Waals surface area contributed by atoms with E-state index in [0.717, 1.165) is 0 Å². The maximum Gasteiger partial charge on any atom is 0.312 e. The number of cyclic esters (lactones) is 1. The van der Waals surface area contributed by atoms with Crippen LogP contribution in [0.5, 0.6) is 0 Å².